The van der Waals surface area contributed by atoms with E-state index in [2.05, 4.69) is 20.6 Å². The molecule has 2 saturated heterocycles. The van der Waals surface area contributed by atoms with Crippen molar-refractivity contribution in [2.24, 2.45) is 22.9 Å². The lowest BCUT2D eigenvalue weighted by Crippen LogP contribution is -2.54. The van der Waals surface area contributed by atoms with Crippen molar-refractivity contribution < 1.29 is 14.3 Å². The number of halogens is 1. The van der Waals surface area contributed by atoms with Gasteiger partial charge in [0.25, 0.3) is 5.91 Å². The quantitative estimate of drug-likeness (QED) is 0.222. The first-order chi connectivity index (χ1) is 19.1. The lowest BCUT2D eigenvalue weighted by atomic mass is 10.0. The van der Waals surface area contributed by atoms with E-state index in [-0.39, 0.29) is 47.1 Å². The highest BCUT2D eigenvalue weighted by molar-refractivity contribution is 6.06. The van der Waals surface area contributed by atoms with Crippen molar-refractivity contribution in [1.82, 2.24) is 15.0 Å². The minimum Gasteiger partial charge on any atom is -0.507 e. The first-order valence-electron chi connectivity index (χ1n) is 13.1. The van der Waals surface area contributed by atoms with Crippen LogP contribution in [0.25, 0.3) is 0 Å². The molecular formula is C26H34FN11O2. The Bertz CT molecular complexity index is 1310. The summed E-state index contributed by atoms with van der Waals surface area (Å²) in [6, 6.07) is 9.63. The van der Waals surface area contributed by atoms with Crippen molar-refractivity contribution in [2.75, 3.05) is 46.6 Å². The van der Waals surface area contributed by atoms with Gasteiger partial charge in [-0.2, -0.15) is 15.0 Å². The summed E-state index contributed by atoms with van der Waals surface area (Å²) in [6.07, 6.45) is 1.40. The third-order valence-electron chi connectivity index (χ3n) is 6.83. The van der Waals surface area contributed by atoms with Crippen LogP contribution in [-0.2, 0) is 0 Å². The Kier molecular flexibility index (Phi) is 7.93. The molecule has 2 aromatic carbocycles. The average molecular weight is 552 g/mol. The van der Waals surface area contributed by atoms with E-state index < -0.39 is 11.7 Å². The number of phenolic OH excluding ortho intramolecular Hbond substituents is 1. The highest BCUT2D eigenvalue weighted by Gasteiger charge is 2.29. The van der Waals surface area contributed by atoms with Crippen LogP contribution in [0.2, 0.25) is 0 Å². The predicted molar refractivity (Wildman–Crippen MR) is 151 cm³/mol. The minimum atomic E-state index is -0.658. The summed E-state index contributed by atoms with van der Waals surface area (Å²) in [5.41, 5.74) is 25.2. The molecule has 13 nitrogen and oxygen atoms in total. The Balaban J connectivity index is 1.41. The number of phenols is 1. The molecule has 2 aliphatic heterocycles. The molecule has 0 radical (unpaired) electrons. The van der Waals surface area contributed by atoms with Crippen LogP contribution in [0.15, 0.2) is 42.5 Å². The van der Waals surface area contributed by atoms with Gasteiger partial charge in [-0.1, -0.05) is 12.1 Å². The SMILES string of the molecule is N[C@@H]1C[C@H](N)CN(c2nc(Nc3ccc(C(=O)Nc4ccccc4F)c(O)c3)nc(N3C[C@H](N)C[C@H](N)C3)n2)C1. The second kappa shape index (κ2) is 11.6. The standard InChI is InChI=1S/C26H34FN11O2/c27-20-3-1-2-4-21(20)33-23(40)19-6-5-18(9-22(19)39)32-24-34-25(37-10-14(28)7-15(29)11-37)36-26(35-24)38-12-16(30)8-17(31)13-38/h1-6,9,14-17,39H,7-8,10-13,28-31H2,(H,33,40)(H,32,34,35,36)/t14-,15+,16-,17+. The lowest BCUT2D eigenvalue weighted by molar-refractivity contribution is 0.102. The summed E-state index contributed by atoms with van der Waals surface area (Å²) in [4.78, 5) is 30.4. The molecule has 14 heteroatoms. The van der Waals surface area contributed by atoms with Gasteiger partial charge in [-0.25, -0.2) is 4.39 Å². The van der Waals surface area contributed by atoms with Crippen molar-refractivity contribution in [3.8, 4) is 5.75 Å². The fraction of sp³-hybridized carbons (Fsp3) is 0.385. The van der Waals surface area contributed by atoms with E-state index in [1.54, 1.807) is 12.1 Å². The van der Waals surface area contributed by atoms with E-state index in [1.165, 1.54) is 30.3 Å². The predicted octanol–water partition coefficient (Wildman–Crippen LogP) is 0.442. The number of rotatable bonds is 6. The number of nitrogens with two attached hydrogens (primary N) is 4. The number of nitrogens with one attached hydrogen (secondary N) is 2. The highest BCUT2D eigenvalue weighted by Crippen LogP contribution is 2.27. The molecule has 2 fully saturated rings. The molecule has 3 heterocycles. The Hall–Kier alpha value is -4.11. The maximum absolute atomic E-state index is 14.0. The van der Waals surface area contributed by atoms with Crippen LogP contribution in [0.4, 0.5) is 33.6 Å². The van der Waals surface area contributed by atoms with Gasteiger partial charge >= 0.3 is 0 Å². The van der Waals surface area contributed by atoms with Crippen molar-refractivity contribution in [2.45, 2.75) is 37.0 Å². The lowest BCUT2D eigenvalue weighted by Gasteiger charge is -2.37. The number of para-hydroxylation sites is 1. The molecule has 5 rings (SSSR count). The van der Waals surface area contributed by atoms with Gasteiger partial charge in [0.1, 0.15) is 11.6 Å². The number of carbonyl (C=O) groups excluding carboxylic acids is 1. The minimum absolute atomic E-state index is 0.00800. The number of piperidine rings is 2. The zero-order chi connectivity index (χ0) is 28.4. The van der Waals surface area contributed by atoms with Crippen molar-refractivity contribution in [3.63, 3.8) is 0 Å². The van der Waals surface area contributed by atoms with E-state index in [0.29, 0.717) is 56.6 Å². The molecule has 0 saturated carbocycles. The van der Waals surface area contributed by atoms with E-state index in [4.69, 9.17) is 27.9 Å². The summed E-state index contributed by atoms with van der Waals surface area (Å²) in [6.45, 7) is 2.12. The second-order valence-electron chi connectivity index (χ2n) is 10.4. The van der Waals surface area contributed by atoms with Gasteiger partial charge in [-0.15, -0.1) is 0 Å². The van der Waals surface area contributed by atoms with Gasteiger partial charge in [0.2, 0.25) is 17.8 Å². The topological polar surface area (TPSA) is 211 Å². The monoisotopic (exact) mass is 551 g/mol. The molecule has 40 heavy (non-hydrogen) atoms. The molecule has 2 aliphatic rings. The molecule has 3 aromatic rings. The number of carbonyl (C=O) groups is 1. The van der Waals surface area contributed by atoms with Gasteiger partial charge in [0, 0.05) is 62.1 Å². The molecule has 0 aliphatic carbocycles. The van der Waals surface area contributed by atoms with Crippen LogP contribution in [0.3, 0.4) is 0 Å². The Morgan fingerprint density at radius 1 is 0.850 bits per heavy atom. The maximum atomic E-state index is 14.0. The average Bonchev–Trinajstić information content (AvgIpc) is 2.89. The Labute approximate surface area is 230 Å². The van der Waals surface area contributed by atoms with E-state index in [1.807, 2.05) is 9.80 Å². The number of nitrogens with zero attached hydrogens (tertiary/aromatic N) is 5. The molecule has 212 valence electrons. The summed E-state index contributed by atoms with van der Waals surface area (Å²) in [5.74, 6) is -0.541. The molecule has 0 bridgehead atoms. The molecule has 1 amide bonds. The summed E-state index contributed by atoms with van der Waals surface area (Å²) < 4.78 is 14.0. The van der Waals surface area contributed by atoms with E-state index in [0.717, 1.165) is 0 Å². The van der Waals surface area contributed by atoms with Gasteiger partial charge in [0.05, 0.1) is 11.3 Å². The third kappa shape index (κ3) is 6.37. The van der Waals surface area contributed by atoms with Crippen molar-refractivity contribution in [3.05, 3.63) is 53.8 Å². The normalized spacial score (nSPS) is 23.1. The number of benzene rings is 2. The van der Waals surface area contributed by atoms with Crippen LogP contribution >= 0.6 is 0 Å². The van der Waals surface area contributed by atoms with Gasteiger partial charge in [-0.05, 0) is 37.1 Å². The first-order valence-corrected chi connectivity index (χ1v) is 13.1. The van der Waals surface area contributed by atoms with Crippen LogP contribution in [0.5, 0.6) is 5.75 Å². The number of anilines is 5. The second-order valence-corrected chi connectivity index (χ2v) is 10.4. The third-order valence-corrected chi connectivity index (χ3v) is 6.83. The van der Waals surface area contributed by atoms with Gasteiger partial charge in [0.15, 0.2) is 0 Å². The molecule has 1 aromatic heterocycles. The molecule has 0 unspecified atom stereocenters. The molecular weight excluding hydrogens is 517 g/mol. The summed E-state index contributed by atoms with van der Waals surface area (Å²) in [5, 5.41) is 16.1. The first kappa shape index (κ1) is 27.5. The number of aromatic nitrogens is 3. The van der Waals surface area contributed by atoms with Crippen molar-refractivity contribution >= 4 is 35.1 Å². The largest absolute Gasteiger partial charge is 0.507 e. The summed E-state index contributed by atoms with van der Waals surface area (Å²) >= 11 is 0. The Morgan fingerprint density at radius 2 is 1.40 bits per heavy atom. The van der Waals surface area contributed by atoms with Crippen LogP contribution in [-0.4, -0.2) is 76.3 Å². The number of amides is 1. The molecule has 0 spiro atoms. The zero-order valence-corrected chi connectivity index (χ0v) is 21.9. The summed E-state index contributed by atoms with van der Waals surface area (Å²) in [7, 11) is 0. The van der Waals surface area contributed by atoms with Crippen LogP contribution < -0.4 is 43.4 Å². The van der Waals surface area contributed by atoms with Crippen LogP contribution in [0, 0.1) is 5.82 Å². The van der Waals surface area contributed by atoms with Crippen molar-refractivity contribution in [1.29, 1.82) is 0 Å². The van der Waals surface area contributed by atoms with E-state index >= 15 is 0 Å². The Morgan fingerprint density at radius 3 is 1.93 bits per heavy atom. The van der Waals surface area contributed by atoms with E-state index in [9.17, 15) is 14.3 Å². The fourth-order valence-corrected chi connectivity index (χ4v) is 5.06. The van der Waals surface area contributed by atoms with Gasteiger partial charge < -0.3 is 48.5 Å². The molecule has 11 N–H and O–H groups in total. The number of aromatic hydroxyl groups is 1. The molecule has 4 atom stereocenters. The smallest absolute Gasteiger partial charge is 0.259 e. The van der Waals surface area contributed by atoms with Crippen LogP contribution in [0.1, 0.15) is 23.2 Å². The van der Waals surface area contributed by atoms with Gasteiger partial charge in [-0.3, -0.25) is 4.79 Å². The number of hydrogen-bond donors (Lipinski definition) is 7. The number of hydrogen-bond acceptors (Lipinski definition) is 12. The zero-order valence-electron chi connectivity index (χ0n) is 21.9. The highest BCUT2D eigenvalue weighted by atomic mass is 19.1. The maximum Gasteiger partial charge on any atom is 0.259 e. The fourth-order valence-electron chi connectivity index (χ4n) is 5.06.